The molecule has 11 rings (SSSR count). The van der Waals surface area contributed by atoms with Gasteiger partial charge in [-0.25, -0.2) is 4.98 Å². The minimum absolute atomic E-state index is 0.581. The molecule has 4 nitrogen and oxygen atoms in total. The SMILES string of the molecule is c1ccc2cc(N(c3ccc(-c4cccc5ccccc45)cc3)c3ccc4c(c3)oc3cccc(-c5nc6c(ccc7ccccc76)o5)c34)ccc2c1. The number of furan rings is 1. The zero-order valence-electron chi connectivity index (χ0n) is 28.5. The molecule has 0 bridgehead atoms. The smallest absolute Gasteiger partial charge is 0.228 e. The predicted molar refractivity (Wildman–Crippen MR) is 219 cm³/mol. The van der Waals surface area contributed by atoms with E-state index in [0.29, 0.717) is 5.89 Å². The second-order valence-corrected chi connectivity index (χ2v) is 13.6. The number of hydrogen-bond donors (Lipinski definition) is 0. The van der Waals surface area contributed by atoms with Gasteiger partial charge in [-0.2, -0.15) is 0 Å². The first-order chi connectivity index (χ1) is 26.2. The zero-order chi connectivity index (χ0) is 34.9. The van der Waals surface area contributed by atoms with Crippen molar-refractivity contribution >= 4 is 82.4 Å². The van der Waals surface area contributed by atoms with Crippen molar-refractivity contribution in [3.8, 4) is 22.6 Å². The van der Waals surface area contributed by atoms with Crippen LogP contribution < -0.4 is 4.90 Å². The number of anilines is 3. The highest BCUT2D eigenvalue weighted by atomic mass is 16.3. The minimum atomic E-state index is 0.581. The average molecular weight is 679 g/mol. The van der Waals surface area contributed by atoms with Gasteiger partial charge in [-0.3, -0.25) is 0 Å². The summed E-state index contributed by atoms with van der Waals surface area (Å²) in [6.07, 6.45) is 0. The van der Waals surface area contributed by atoms with Crippen molar-refractivity contribution in [2.24, 2.45) is 0 Å². The fourth-order valence-corrected chi connectivity index (χ4v) is 7.94. The molecular weight excluding hydrogens is 649 g/mol. The third-order valence-electron chi connectivity index (χ3n) is 10.5. The third-order valence-corrected chi connectivity index (χ3v) is 10.5. The largest absolute Gasteiger partial charge is 0.456 e. The number of fused-ring (bicyclic) bond motifs is 8. The second kappa shape index (κ2) is 11.7. The van der Waals surface area contributed by atoms with E-state index in [0.717, 1.165) is 66.4 Å². The van der Waals surface area contributed by atoms with Crippen molar-refractivity contribution < 1.29 is 8.83 Å². The van der Waals surface area contributed by atoms with E-state index in [1.165, 1.54) is 32.7 Å². The van der Waals surface area contributed by atoms with E-state index in [2.05, 4.69) is 157 Å². The van der Waals surface area contributed by atoms with E-state index >= 15 is 0 Å². The number of nitrogens with zero attached hydrogens (tertiary/aromatic N) is 2. The Labute approximate surface area is 304 Å². The highest BCUT2D eigenvalue weighted by molar-refractivity contribution is 6.13. The fourth-order valence-electron chi connectivity index (χ4n) is 7.94. The molecule has 0 aliphatic rings. The van der Waals surface area contributed by atoms with E-state index in [-0.39, 0.29) is 0 Å². The molecule has 53 heavy (non-hydrogen) atoms. The van der Waals surface area contributed by atoms with Crippen LogP contribution >= 0.6 is 0 Å². The van der Waals surface area contributed by atoms with Crippen LogP contribution in [0.5, 0.6) is 0 Å². The number of rotatable bonds is 5. The molecule has 11 aromatic rings. The van der Waals surface area contributed by atoms with Crippen LogP contribution in [0, 0.1) is 0 Å². The lowest BCUT2D eigenvalue weighted by Crippen LogP contribution is -2.09. The summed E-state index contributed by atoms with van der Waals surface area (Å²) in [5, 5.41) is 9.08. The van der Waals surface area contributed by atoms with Gasteiger partial charge in [0.15, 0.2) is 5.58 Å². The summed E-state index contributed by atoms with van der Waals surface area (Å²) < 4.78 is 13.0. The van der Waals surface area contributed by atoms with Gasteiger partial charge in [-0.05, 0) is 92.7 Å². The minimum Gasteiger partial charge on any atom is -0.456 e. The molecular formula is C49H30N2O2. The van der Waals surface area contributed by atoms with Crippen LogP contribution in [0.4, 0.5) is 17.1 Å². The number of oxazole rings is 1. The summed E-state index contributed by atoms with van der Waals surface area (Å²) in [6.45, 7) is 0. The fraction of sp³-hybridized carbons (Fsp3) is 0. The Hall–Kier alpha value is -7.17. The van der Waals surface area contributed by atoms with E-state index in [1.807, 2.05) is 30.3 Å². The van der Waals surface area contributed by atoms with Crippen LogP contribution in [0.2, 0.25) is 0 Å². The van der Waals surface area contributed by atoms with Gasteiger partial charge < -0.3 is 13.7 Å². The van der Waals surface area contributed by atoms with Gasteiger partial charge in [0.1, 0.15) is 16.7 Å². The molecule has 0 N–H and O–H groups in total. The lowest BCUT2D eigenvalue weighted by molar-refractivity contribution is 0.620. The maximum atomic E-state index is 6.61. The monoisotopic (exact) mass is 678 g/mol. The molecule has 0 saturated heterocycles. The van der Waals surface area contributed by atoms with Gasteiger partial charge >= 0.3 is 0 Å². The van der Waals surface area contributed by atoms with Crippen LogP contribution in [-0.4, -0.2) is 4.98 Å². The normalized spacial score (nSPS) is 11.8. The molecule has 248 valence electrons. The molecule has 0 amide bonds. The van der Waals surface area contributed by atoms with Crippen LogP contribution in [0.15, 0.2) is 191 Å². The summed E-state index contributed by atoms with van der Waals surface area (Å²) in [5.41, 5.74) is 9.64. The molecule has 0 unspecified atom stereocenters. The molecule has 0 aliphatic carbocycles. The lowest BCUT2D eigenvalue weighted by atomic mass is 9.98. The Kier molecular flexibility index (Phi) is 6.52. The molecule has 2 heterocycles. The van der Waals surface area contributed by atoms with Crippen LogP contribution in [0.3, 0.4) is 0 Å². The Morgan fingerprint density at radius 1 is 0.377 bits per heavy atom. The standard InChI is InChI=1S/C49H30N2O2/c1-2-12-35-29-37(25-19-31(35)9-1)51(36-23-20-34(21-24-36)40-16-7-13-32-10-3-5-14-39(32)40)38-26-27-42-46(30-38)52-44-18-8-17-43(47(42)44)49-50-48-41-15-6-4-11-33(41)22-28-45(48)53-49/h1-30H. The Balaban J connectivity index is 1.06. The summed E-state index contributed by atoms with van der Waals surface area (Å²) in [4.78, 5) is 7.33. The first kappa shape index (κ1) is 29.5. The van der Waals surface area contributed by atoms with Crippen molar-refractivity contribution in [1.29, 1.82) is 0 Å². The van der Waals surface area contributed by atoms with E-state index in [9.17, 15) is 0 Å². The summed E-state index contributed by atoms with van der Waals surface area (Å²) in [5.74, 6) is 0.581. The quantitative estimate of drug-likeness (QED) is 0.182. The lowest BCUT2D eigenvalue weighted by Gasteiger charge is -2.26. The topological polar surface area (TPSA) is 42.4 Å². The van der Waals surface area contributed by atoms with Crippen molar-refractivity contribution in [2.45, 2.75) is 0 Å². The molecule has 0 aliphatic heterocycles. The van der Waals surface area contributed by atoms with Gasteiger partial charge in [0.2, 0.25) is 5.89 Å². The molecule has 0 fully saturated rings. The number of benzene rings is 9. The molecule has 0 atom stereocenters. The number of hydrogen-bond acceptors (Lipinski definition) is 4. The van der Waals surface area contributed by atoms with Crippen molar-refractivity contribution in [3.05, 3.63) is 182 Å². The maximum absolute atomic E-state index is 6.61. The Morgan fingerprint density at radius 3 is 1.89 bits per heavy atom. The van der Waals surface area contributed by atoms with Gasteiger partial charge in [0.25, 0.3) is 0 Å². The van der Waals surface area contributed by atoms with E-state index in [4.69, 9.17) is 13.8 Å². The van der Waals surface area contributed by atoms with Crippen LogP contribution in [0.1, 0.15) is 0 Å². The van der Waals surface area contributed by atoms with Gasteiger partial charge in [0, 0.05) is 44.9 Å². The zero-order valence-corrected chi connectivity index (χ0v) is 28.5. The highest BCUT2D eigenvalue weighted by Crippen LogP contribution is 2.43. The first-order valence-corrected chi connectivity index (χ1v) is 17.9. The average Bonchev–Trinajstić information content (AvgIpc) is 3.83. The molecule has 4 heteroatoms. The first-order valence-electron chi connectivity index (χ1n) is 17.9. The molecule has 0 spiro atoms. The number of aromatic nitrogens is 1. The van der Waals surface area contributed by atoms with Gasteiger partial charge in [0.05, 0.1) is 0 Å². The molecule has 9 aromatic carbocycles. The Morgan fingerprint density at radius 2 is 1.02 bits per heavy atom. The van der Waals surface area contributed by atoms with Gasteiger partial charge in [-0.1, -0.05) is 121 Å². The Bertz CT molecular complexity index is 3180. The maximum Gasteiger partial charge on any atom is 0.228 e. The molecule has 2 aromatic heterocycles. The van der Waals surface area contributed by atoms with E-state index in [1.54, 1.807) is 0 Å². The molecule has 0 saturated carbocycles. The summed E-state index contributed by atoms with van der Waals surface area (Å²) in [7, 11) is 0. The van der Waals surface area contributed by atoms with Crippen molar-refractivity contribution in [1.82, 2.24) is 4.98 Å². The second-order valence-electron chi connectivity index (χ2n) is 13.6. The highest BCUT2D eigenvalue weighted by Gasteiger charge is 2.20. The summed E-state index contributed by atoms with van der Waals surface area (Å²) >= 11 is 0. The molecule has 0 radical (unpaired) electrons. The predicted octanol–water partition coefficient (Wildman–Crippen LogP) is 14.0. The van der Waals surface area contributed by atoms with Crippen molar-refractivity contribution in [3.63, 3.8) is 0 Å². The van der Waals surface area contributed by atoms with Gasteiger partial charge in [-0.15, -0.1) is 0 Å². The van der Waals surface area contributed by atoms with Crippen molar-refractivity contribution in [2.75, 3.05) is 4.90 Å². The van der Waals surface area contributed by atoms with Crippen LogP contribution in [-0.2, 0) is 0 Å². The summed E-state index contributed by atoms with van der Waals surface area (Å²) in [6, 6.07) is 64.0. The van der Waals surface area contributed by atoms with E-state index < -0.39 is 0 Å². The van der Waals surface area contributed by atoms with Crippen LogP contribution in [0.25, 0.3) is 87.9 Å². The third kappa shape index (κ3) is 4.80.